The molecule has 1 saturated heterocycles. The number of aliphatic carboxylic acids is 1. The Kier molecular flexibility index (Phi) is 7.52. The Balaban J connectivity index is 1.46. The minimum absolute atomic E-state index is 0.0113. The Morgan fingerprint density at radius 3 is 2.90 bits per heavy atom. The van der Waals surface area contributed by atoms with E-state index in [0.717, 1.165) is 31.2 Å². The average molecular weight is 403 g/mol. The van der Waals surface area contributed by atoms with Gasteiger partial charge in [0.2, 0.25) is 12.7 Å². The Morgan fingerprint density at radius 2 is 2.07 bits per heavy atom. The Hall–Kier alpha value is -2.54. The molecule has 158 valence electrons. The minimum atomic E-state index is -0.761. The summed E-state index contributed by atoms with van der Waals surface area (Å²) in [5, 5.41) is 19.1. The smallest absolute Gasteiger partial charge is 0.303 e. The predicted octanol–water partition coefficient (Wildman–Crippen LogP) is 2.90. The molecule has 2 N–H and O–H groups in total. The zero-order chi connectivity index (χ0) is 20.6. The molecule has 0 saturated carbocycles. The fourth-order valence-electron chi connectivity index (χ4n) is 3.86. The maximum Gasteiger partial charge on any atom is 0.303 e. The number of hydrogen-bond donors (Lipinski definition) is 2. The van der Waals surface area contributed by atoms with Gasteiger partial charge in [0, 0.05) is 31.4 Å². The van der Waals surface area contributed by atoms with Crippen molar-refractivity contribution in [1.29, 1.82) is 0 Å². The van der Waals surface area contributed by atoms with Crippen molar-refractivity contribution in [3.8, 4) is 11.5 Å². The lowest BCUT2D eigenvalue weighted by Gasteiger charge is -2.22. The summed E-state index contributed by atoms with van der Waals surface area (Å²) in [4.78, 5) is 24.6. The van der Waals surface area contributed by atoms with E-state index in [0.29, 0.717) is 37.3 Å². The number of fused-ring (bicyclic) bond motifs is 1. The third-order valence-electron chi connectivity index (χ3n) is 5.38. The molecule has 7 nitrogen and oxygen atoms in total. The maximum atomic E-state index is 12.2. The molecule has 2 atom stereocenters. The van der Waals surface area contributed by atoms with Crippen LogP contribution in [-0.2, 0) is 16.0 Å². The largest absolute Gasteiger partial charge is 0.481 e. The number of aliphatic hydroxyl groups is 1. The summed E-state index contributed by atoms with van der Waals surface area (Å²) in [7, 11) is 0. The van der Waals surface area contributed by atoms with Crippen molar-refractivity contribution in [2.45, 2.75) is 63.5 Å². The number of aliphatic hydroxyl groups excluding tert-OH is 1. The van der Waals surface area contributed by atoms with Crippen molar-refractivity contribution in [1.82, 2.24) is 4.90 Å². The van der Waals surface area contributed by atoms with Crippen LogP contribution in [0.25, 0.3) is 0 Å². The number of ether oxygens (including phenoxy) is 2. The molecule has 3 rings (SSSR count). The molecule has 1 amide bonds. The number of nitrogens with zero attached hydrogens (tertiary/aromatic N) is 1. The van der Waals surface area contributed by atoms with E-state index in [-0.39, 0.29) is 25.2 Å². The van der Waals surface area contributed by atoms with Gasteiger partial charge in [-0.25, -0.2) is 0 Å². The molecule has 0 radical (unpaired) electrons. The number of rotatable bonds is 11. The van der Waals surface area contributed by atoms with Gasteiger partial charge in [0.1, 0.15) is 0 Å². The van der Waals surface area contributed by atoms with Crippen molar-refractivity contribution in [3.05, 3.63) is 35.9 Å². The van der Waals surface area contributed by atoms with Gasteiger partial charge in [-0.2, -0.15) is 0 Å². The van der Waals surface area contributed by atoms with Crippen LogP contribution in [0.15, 0.2) is 30.4 Å². The number of carbonyl (C=O) groups is 2. The van der Waals surface area contributed by atoms with Crippen LogP contribution in [0.5, 0.6) is 11.5 Å². The first kappa shape index (κ1) is 21.2. The molecule has 7 heteroatoms. The van der Waals surface area contributed by atoms with E-state index in [1.54, 1.807) is 6.08 Å². The number of carboxylic acids is 1. The van der Waals surface area contributed by atoms with E-state index in [2.05, 4.69) is 0 Å². The van der Waals surface area contributed by atoms with Crippen LogP contribution in [0.1, 0.15) is 50.5 Å². The van der Waals surface area contributed by atoms with Gasteiger partial charge in [-0.05, 0) is 25.3 Å². The summed E-state index contributed by atoms with van der Waals surface area (Å²) in [6.45, 7) is 0.877. The maximum absolute atomic E-state index is 12.2. The zero-order valence-electron chi connectivity index (χ0n) is 16.6. The fraction of sp³-hybridized carbons (Fsp3) is 0.545. The van der Waals surface area contributed by atoms with Crippen LogP contribution in [0, 0.1) is 0 Å². The lowest BCUT2D eigenvalue weighted by Crippen LogP contribution is -2.32. The zero-order valence-corrected chi connectivity index (χ0v) is 16.6. The van der Waals surface area contributed by atoms with Crippen LogP contribution in [0.3, 0.4) is 0 Å². The number of carboxylic acid groups (broad SMARTS) is 1. The van der Waals surface area contributed by atoms with Gasteiger partial charge in [-0.3, -0.25) is 9.59 Å². The second kappa shape index (κ2) is 10.3. The summed E-state index contributed by atoms with van der Waals surface area (Å²) in [5.41, 5.74) is 0.901. The quantitative estimate of drug-likeness (QED) is 0.436. The van der Waals surface area contributed by atoms with Gasteiger partial charge in [0.05, 0.1) is 12.1 Å². The lowest BCUT2D eigenvalue weighted by atomic mass is 10.0. The number of hydrogen-bond acceptors (Lipinski definition) is 5. The molecule has 29 heavy (non-hydrogen) atoms. The summed E-state index contributed by atoms with van der Waals surface area (Å²) >= 11 is 0. The molecule has 2 heterocycles. The van der Waals surface area contributed by atoms with E-state index in [1.165, 1.54) is 0 Å². The van der Waals surface area contributed by atoms with Crippen molar-refractivity contribution in [3.63, 3.8) is 0 Å². The number of amides is 1. The standard InChI is InChI=1S/C22H29NO6/c24-18(14-16-6-5-7-19-22(16)29-15-28-19)11-9-17-10-12-20(25)23(17)13-4-2-1-3-8-21(26)27/h5-7,9,11,17-18,24H,1-4,8,10,12-15H2,(H,26,27)/b11-9+/t17-,18?/m1/s1. The van der Waals surface area contributed by atoms with Crippen molar-refractivity contribution in [2.24, 2.45) is 0 Å². The van der Waals surface area contributed by atoms with Crippen LogP contribution >= 0.6 is 0 Å². The topological polar surface area (TPSA) is 96.3 Å². The monoisotopic (exact) mass is 403 g/mol. The van der Waals surface area contributed by atoms with E-state index < -0.39 is 12.1 Å². The highest BCUT2D eigenvalue weighted by molar-refractivity contribution is 5.79. The van der Waals surface area contributed by atoms with Crippen molar-refractivity contribution < 1.29 is 29.3 Å². The normalized spacial score (nSPS) is 19.3. The highest BCUT2D eigenvalue weighted by atomic mass is 16.7. The van der Waals surface area contributed by atoms with Gasteiger partial charge < -0.3 is 24.6 Å². The third kappa shape index (κ3) is 5.97. The molecule has 2 aliphatic rings. The molecule has 0 spiro atoms. The summed E-state index contributed by atoms with van der Waals surface area (Å²) in [5.74, 6) is 0.782. The molecule has 1 fully saturated rings. The molecule has 1 unspecified atom stereocenters. The van der Waals surface area contributed by atoms with Gasteiger partial charge in [-0.1, -0.05) is 37.1 Å². The minimum Gasteiger partial charge on any atom is -0.481 e. The van der Waals surface area contributed by atoms with Gasteiger partial charge in [0.25, 0.3) is 0 Å². The van der Waals surface area contributed by atoms with Crippen LogP contribution < -0.4 is 9.47 Å². The Morgan fingerprint density at radius 1 is 1.24 bits per heavy atom. The van der Waals surface area contributed by atoms with E-state index in [4.69, 9.17) is 14.6 Å². The van der Waals surface area contributed by atoms with Crippen LogP contribution in [0.2, 0.25) is 0 Å². The number of para-hydroxylation sites is 1. The predicted molar refractivity (Wildman–Crippen MR) is 107 cm³/mol. The van der Waals surface area contributed by atoms with E-state index in [1.807, 2.05) is 29.2 Å². The molecule has 0 aromatic heterocycles. The van der Waals surface area contributed by atoms with E-state index >= 15 is 0 Å². The van der Waals surface area contributed by atoms with Crippen molar-refractivity contribution in [2.75, 3.05) is 13.3 Å². The number of carbonyl (C=O) groups excluding carboxylic acids is 1. The first-order valence-electron chi connectivity index (χ1n) is 10.3. The summed E-state index contributed by atoms with van der Waals surface area (Å²) in [6, 6.07) is 5.66. The molecular formula is C22H29NO6. The van der Waals surface area contributed by atoms with E-state index in [9.17, 15) is 14.7 Å². The van der Waals surface area contributed by atoms with Crippen LogP contribution in [-0.4, -0.2) is 52.5 Å². The number of unbranched alkanes of at least 4 members (excludes halogenated alkanes) is 3. The molecule has 1 aromatic rings. The summed E-state index contributed by atoms with van der Waals surface area (Å²) < 4.78 is 10.8. The lowest BCUT2D eigenvalue weighted by molar-refractivity contribution is -0.137. The van der Waals surface area contributed by atoms with Crippen molar-refractivity contribution >= 4 is 11.9 Å². The van der Waals surface area contributed by atoms with Gasteiger partial charge in [-0.15, -0.1) is 0 Å². The Bertz CT molecular complexity index is 747. The highest BCUT2D eigenvalue weighted by Gasteiger charge is 2.28. The molecule has 0 aliphatic carbocycles. The number of likely N-dealkylation sites (tertiary alicyclic amines) is 1. The molecule has 0 bridgehead atoms. The highest BCUT2D eigenvalue weighted by Crippen LogP contribution is 2.36. The second-order valence-corrected chi connectivity index (χ2v) is 7.56. The molecule has 2 aliphatic heterocycles. The molecule has 1 aromatic carbocycles. The van der Waals surface area contributed by atoms with Gasteiger partial charge >= 0.3 is 5.97 Å². The Labute approximate surface area is 170 Å². The fourth-order valence-corrected chi connectivity index (χ4v) is 3.86. The summed E-state index contributed by atoms with van der Waals surface area (Å²) in [6.07, 6.45) is 8.26. The first-order chi connectivity index (χ1) is 14.0. The third-order valence-corrected chi connectivity index (χ3v) is 5.38. The van der Waals surface area contributed by atoms with Gasteiger partial charge in [0.15, 0.2) is 11.5 Å². The van der Waals surface area contributed by atoms with Crippen LogP contribution in [0.4, 0.5) is 0 Å². The average Bonchev–Trinajstić information content (AvgIpc) is 3.30. The second-order valence-electron chi connectivity index (χ2n) is 7.56. The SMILES string of the molecule is O=C(O)CCCCCCN1C(=O)CC[C@H]1/C=C/C(O)Cc1cccc2c1OCO2. The first-order valence-corrected chi connectivity index (χ1v) is 10.3. The molecular weight excluding hydrogens is 374 g/mol. The number of benzene rings is 1.